The summed E-state index contributed by atoms with van der Waals surface area (Å²) < 4.78 is 121. The molecule has 1 N–H and O–H groups in total. The minimum atomic E-state index is -6.67. The predicted octanol–water partition coefficient (Wildman–Crippen LogP) is 4.93. The minimum absolute atomic E-state index is 0.0396. The van der Waals surface area contributed by atoms with E-state index in [4.69, 9.17) is 18.8 Å². The Balaban J connectivity index is 1.37. The molecule has 2 bridgehead atoms. The number of ether oxygens (including phenoxy) is 4. The number of alkyl halides is 5. The summed E-state index contributed by atoms with van der Waals surface area (Å²) in [7, 11) is -6.67. The fraction of sp³-hybridized carbons (Fsp3) is 0.667. The van der Waals surface area contributed by atoms with Gasteiger partial charge in [0, 0.05) is 11.8 Å². The molecule has 1 aromatic carbocycles. The Bertz CT molecular complexity index is 1460. The first-order chi connectivity index (χ1) is 20.3. The van der Waals surface area contributed by atoms with Gasteiger partial charge in [0.1, 0.15) is 23.6 Å². The van der Waals surface area contributed by atoms with Crippen LogP contribution >= 0.6 is 22.6 Å². The van der Waals surface area contributed by atoms with Crippen molar-refractivity contribution in [3.8, 4) is 5.75 Å². The summed E-state index contributed by atoms with van der Waals surface area (Å²) in [5.41, 5.74) is -0.376. The van der Waals surface area contributed by atoms with Gasteiger partial charge in [0.15, 0.2) is 0 Å². The molecule has 7 atom stereocenters. The lowest BCUT2D eigenvalue weighted by Crippen LogP contribution is -2.54. The van der Waals surface area contributed by atoms with Gasteiger partial charge >= 0.3 is 39.5 Å². The van der Waals surface area contributed by atoms with Crippen molar-refractivity contribution < 1.29 is 68.3 Å². The quantitative estimate of drug-likeness (QED) is 0.121. The minimum Gasteiger partial charge on any atom is -0.486 e. The SMILES string of the molecule is CC(C)C1(Oc2cc(C(=O)OC3C4CC5C3OC(=O)C5C4C(=O)OC(C(F)(F)F)C(F)(F)S(=O)(=O)O)ccc2I)CCCC1. The average Bonchev–Trinajstić information content (AvgIpc) is 3.66. The van der Waals surface area contributed by atoms with Crippen LogP contribution in [-0.4, -0.2) is 66.2 Å². The molecule has 5 rings (SSSR count). The second kappa shape index (κ2) is 11.2. The summed E-state index contributed by atoms with van der Waals surface area (Å²) in [6, 6.07) is 4.58. The van der Waals surface area contributed by atoms with Gasteiger partial charge < -0.3 is 18.9 Å². The van der Waals surface area contributed by atoms with Crippen LogP contribution in [-0.2, 0) is 33.9 Å². The van der Waals surface area contributed by atoms with Gasteiger partial charge in [-0.25, -0.2) is 4.79 Å². The number of carbonyl (C=O) groups is 3. The van der Waals surface area contributed by atoms with Crippen molar-refractivity contribution in [1.29, 1.82) is 0 Å². The number of hydrogen-bond acceptors (Lipinski definition) is 9. The van der Waals surface area contributed by atoms with Gasteiger partial charge in [-0.2, -0.15) is 30.4 Å². The van der Waals surface area contributed by atoms with E-state index in [-0.39, 0.29) is 17.9 Å². The molecule has 244 valence electrons. The third-order valence-corrected chi connectivity index (χ3v) is 11.0. The van der Waals surface area contributed by atoms with Crippen LogP contribution in [0.4, 0.5) is 22.0 Å². The maximum atomic E-state index is 14.1. The van der Waals surface area contributed by atoms with Gasteiger partial charge in [-0.15, -0.1) is 0 Å². The third kappa shape index (κ3) is 5.54. The molecule has 0 amide bonds. The molecule has 17 heteroatoms. The van der Waals surface area contributed by atoms with E-state index in [9.17, 15) is 44.8 Å². The van der Waals surface area contributed by atoms with Crippen molar-refractivity contribution in [3.63, 3.8) is 0 Å². The molecule has 0 radical (unpaired) electrons. The smallest absolute Gasteiger partial charge is 0.432 e. The second-order valence-corrected chi connectivity index (χ2v) is 14.6. The Morgan fingerprint density at radius 3 is 2.32 bits per heavy atom. The lowest BCUT2D eigenvalue weighted by Gasteiger charge is -2.35. The van der Waals surface area contributed by atoms with Gasteiger partial charge in [0.05, 0.1) is 21.0 Å². The van der Waals surface area contributed by atoms with Crippen LogP contribution in [0.1, 0.15) is 56.3 Å². The molecule has 4 fully saturated rings. The number of benzene rings is 1. The lowest BCUT2D eigenvalue weighted by molar-refractivity contribution is -0.261. The number of rotatable bonds is 9. The van der Waals surface area contributed by atoms with E-state index in [0.29, 0.717) is 5.75 Å². The van der Waals surface area contributed by atoms with Crippen molar-refractivity contribution in [2.24, 2.45) is 29.6 Å². The molecule has 1 saturated heterocycles. The molecule has 3 saturated carbocycles. The van der Waals surface area contributed by atoms with Crippen LogP contribution in [0, 0.1) is 33.2 Å². The molecule has 3 aliphatic carbocycles. The summed E-state index contributed by atoms with van der Waals surface area (Å²) >= 11 is 2.06. The maximum absolute atomic E-state index is 14.1. The Morgan fingerprint density at radius 1 is 1.11 bits per heavy atom. The highest BCUT2D eigenvalue weighted by Gasteiger charge is 2.72. The zero-order chi connectivity index (χ0) is 32.6. The lowest BCUT2D eigenvalue weighted by atomic mass is 9.78. The third-order valence-electron chi connectivity index (χ3n) is 9.22. The first-order valence-corrected chi connectivity index (χ1v) is 16.3. The van der Waals surface area contributed by atoms with E-state index in [1.807, 2.05) is 13.8 Å². The average molecular weight is 766 g/mol. The summed E-state index contributed by atoms with van der Waals surface area (Å²) in [4.78, 5) is 38.8. The van der Waals surface area contributed by atoms with Crippen LogP contribution in [0.2, 0.25) is 0 Å². The standard InChI is InChI=1S/C27H28F5IO10S/c1-11(2)25(7-3-4-8-25)43-16-9-12(5-6-15(16)33)21(34)40-19-14-10-13-17(22(35)41-20(13)19)18(14)23(36)42-24(26(28,29)30)27(31,32)44(37,38)39/h5-6,9,11,13-14,17-20,24H,3-4,7-8,10H2,1-2H3,(H,37,38,39). The number of carbonyl (C=O) groups excluding carboxylic acids is 3. The predicted molar refractivity (Wildman–Crippen MR) is 146 cm³/mol. The van der Waals surface area contributed by atoms with Crippen molar-refractivity contribution in [2.45, 2.75) is 81.3 Å². The molecular formula is C27H28F5IO10S. The molecule has 0 aromatic heterocycles. The van der Waals surface area contributed by atoms with Gasteiger partial charge in [0.2, 0.25) is 0 Å². The molecule has 1 aliphatic heterocycles. The van der Waals surface area contributed by atoms with Gasteiger partial charge in [-0.3, -0.25) is 14.1 Å². The monoisotopic (exact) mass is 766 g/mol. The Morgan fingerprint density at radius 2 is 1.75 bits per heavy atom. The normalized spacial score (nSPS) is 29.9. The van der Waals surface area contributed by atoms with Gasteiger partial charge in [-0.05, 0) is 78.8 Å². The first kappa shape index (κ1) is 33.1. The number of hydrogen-bond donors (Lipinski definition) is 1. The Labute approximate surface area is 262 Å². The molecule has 0 spiro atoms. The van der Waals surface area contributed by atoms with Gasteiger partial charge in [-0.1, -0.05) is 13.8 Å². The molecule has 44 heavy (non-hydrogen) atoms. The van der Waals surface area contributed by atoms with Crippen molar-refractivity contribution in [3.05, 3.63) is 27.3 Å². The summed E-state index contributed by atoms with van der Waals surface area (Å²) in [6.45, 7) is 4.09. The zero-order valence-corrected chi connectivity index (χ0v) is 26.2. The van der Waals surface area contributed by atoms with E-state index < -0.39 is 87.0 Å². The fourth-order valence-electron chi connectivity index (χ4n) is 7.01. The highest BCUT2D eigenvalue weighted by atomic mass is 127. The largest absolute Gasteiger partial charge is 0.486 e. The van der Waals surface area contributed by atoms with Crippen molar-refractivity contribution in [2.75, 3.05) is 0 Å². The summed E-state index contributed by atoms with van der Waals surface area (Å²) in [6.07, 6.45) is -9.45. The number of fused-ring (bicyclic) bond motifs is 1. The van der Waals surface area contributed by atoms with Crippen LogP contribution in [0.3, 0.4) is 0 Å². The molecule has 1 heterocycles. The van der Waals surface area contributed by atoms with Gasteiger partial charge in [0.25, 0.3) is 6.10 Å². The van der Waals surface area contributed by atoms with E-state index in [2.05, 4.69) is 27.3 Å². The van der Waals surface area contributed by atoms with E-state index in [1.165, 1.54) is 12.1 Å². The van der Waals surface area contributed by atoms with E-state index >= 15 is 0 Å². The molecule has 1 aromatic rings. The van der Waals surface area contributed by atoms with Crippen LogP contribution in [0.25, 0.3) is 0 Å². The Hall–Kier alpha value is -2.28. The zero-order valence-electron chi connectivity index (χ0n) is 23.2. The second-order valence-electron chi connectivity index (χ2n) is 12.0. The van der Waals surface area contributed by atoms with Crippen LogP contribution < -0.4 is 4.74 Å². The highest BCUT2D eigenvalue weighted by Crippen LogP contribution is 2.59. The molecular weight excluding hydrogens is 738 g/mol. The summed E-state index contributed by atoms with van der Waals surface area (Å²) in [5, 5.41) is -5.94. The highest BCUT2D eigenvalue weighted by molar-refractivity contribution is 14.1. The summed E-state index contributed by atoms with van der Waals surface area (Å²) in [5.74, 6) is -8.41. The molecule has 7 unspecified atom stereocenters. The van der Waals surface area contributed by atoms with Crippen LogP contribution in [0.5, 0.6) is 5.75 Å². The number of halogens is 6. The fourth-order valence-corrected chi connectivity index (χ4v) is 7.91. The van der Waals surface area contributed by atoms with Crippen molar-refractivity contribution in [1.82, 2.24) is 0 Å². The van der Waals surface area contributed by atoms with E-state index in [0.717, 1.165) is 29.3 Å². The van der Waals surface area contributed by atoms with Crippen LogP contribution in [0.15, 0.2) is 18.2 Å². The Kier molecular flexibility index (Phi) is 8.43. The maximum Gasteiger partial charge on any atom is 0.432 e. The molecule has 4 aliphatic rings. The number of esters is 3. The topological polar surface area (TPSA) is 142 Å². The van der Waals surface area contributed by atoms with E-state index in [1.54, 1.807) is 6.07 Å². The molecule has 10 nitrogen and oxygen atoms in total. The van der Waals surface area contributed by atoms with Crippen molar-refractivity contribution >= 4 is 50.6 Å². The first-order valence-electron chi connectivity index (χ1n) is 13.8.